The first-order valence-corrected chi connectivity index (χ1v) is 10.5. The van der Waals surface area contributed by atoms with E-state index in [4.69, 9.17) is 4.74 Å². The van der Waals surface area contributed by atoms with E-state index in [2.05, 4.69) is 34.5 Å². The van der Waals surface area contributed by atoms with Crippen LogP contribution >= 0.6 is 11.8 Å². The lowest BCUT2D eigenvalue weighted by molar-refractivity contribution is 0.0494. The van der Waals surface area contributed by atoms with Crippen LogP contribution in [0.2, 0.25) is 0 Å². The lowest BCUT2D eigenvalue weighted by Gasteiger charge is -2.24. The van der Waals surface area contributed by atoms with E-state index in [0.29, 0.717) is 29.1 Å². The van der Waals surface area contributed by atoms with Crippen molar-refractivity contribution in [2.45, 2.75) is 57.8 Å². The van der Waals surface area contributed by atoms with Gasteiger partial charge in [0, 0.05) is 5.75 Å². The molecule has 0 bridgehead atoms. The van der Waals surface area contributed by atoms with Crippen LogP contribution in [0.4, 0.5) is 9.18 Å². The fraction of sp³-hybridized carbons (Fsp3) is 0.500. The third-order valence-electron chi connectivity index (χ3n) is 4.08. The number of fused-ring (bicyclic) bond motifs is 1. The number of rotatable bonds is 5. The highest BCUT2D eigenvalue weighted by molar-refractivity contribution is 7.99. The SMILES string of the molecule is CC(C)CC(NC(=O)OC(C)(C)C)c1nnc2n1N=C(c1ccc(F)cc1)CS2. The Balaban J connectivity index is 1.90. The van der Waals surface area contributed by atoms with Gasteiger partial charge >= 0.3 is 6.09 Å². The van der Waals surface area contributed by atoms with E-state index in [1.165, 1.54) is 23.9 Å². The van der Waals surface area contributed by atoms with Gasteiger partial charge in [-0.1, -0.05) is 37.7 Å². The Bertz CT molecular complexity index is 903. The molecule has 1 aromatic heterocycles. The number of carbonyl (C=O) groups is 1. The van der Waals surface area contributed by atoms with Crippen LogP contribution in [0, 0.1) is 11.7 Å². The van der Waals surface area contributed by atoms with Crippen molar-refractivity contribution >= 4 is 23.6 Å². The topological polar surface area (TPSA) is 81.4 Å². The van der Waals surface area contributed by atoms with E-state index in [0.717, 1.165) is 11.3 Å². The van der Waals surface area contributed by atoms with Gasteiger partial charge in [-0.3, -0.25) is 0 Å². The second kappa shape index (κ2) is 8.52. The Morgan fingerprint density at radius 2 is 1.97 bits per heavy atom. The van der Waals surface area contributed by atoms with E-state index in [-0.39, 0.29) is 5.82 Å². The summed E-state index contributed by atoms with van der Waals surface area (Å²) >= 11 is 1.50. The maximum absolute atomic E-state index is 13.3. The van der Waals surface area contributed by atoms with Crippen molar-refractivity contribution in [1.29, 1.82) is 0 Å². The minimum absolute atomic E-state index is 0.290. The molecule has 0 saturated carbocycles. The molecule has 29 heavy (non-hydrogen) atoms. The third kappa shape index (κ3) is 5.56. The highest BCUT2D eigenvalue weighted by atomic mass is 32.2. The first-order chi connectivity index (χ1) is 13.6. The van der Waals surface area contributed by atoms with Crippen molar-refractivity contribution < 1.29 is 13.9 Å². The number of halogens is 1. The van der Waals surface area contributed by atoms with Crippen molar-refractivity contribution in [3.8, 4) is 0 Å². The van der Waals surface area contributed by atoms with Crippen molar-refractivity contribution in [2.24, 2.45) is 11.0 Å². The Kier molecular flexibility index (Phi) is 6.26. The summed E-state index contributed by atoms with van der Waals surface area (Å²) in [6.45, 7) is 9.59. The van der Waals surface area contributed by atoms with Gasteiger partial charge in [0.2, 0.25) is 5.16 Å². The van der Waals surface area contributed by atoms with Crippen molar-refractivity contribution in [3.05, 3.63) is 41.5 Å². The zero-order chi connectivity index (χ0) is 21.2. The largest absolute Gasteiger partial charge is 0.444 e. The van der Waals surface area contributed by atoms with Gasteiger partial charge < -0.3 is 10.1 Å². The van der Waals surface area contributed by atoms with E-state index >= 15 is 0 Å². The second-order valence-corrected chi connectivity index (χ2v) is 9.27. The molecule has 2 heterocycles. The standard InChI is InChI=1S/C20H26FN5O2S/c1-12(2)10-15(22-19(27)28-20(3,4)5)17-23-24-18-26(17)25-16(11-29-18)13-6-8-14(21)9-7-13/h6-9,12,15H,10-11H2,1-5H3,(H,22,27). The molecule has 0 fully saturated rings. The molecule has 1 N–H and O–H groups in total. The van der Waals surface area contributed by atoms with Crippen LogP contribution in [-0.2, 0) is 4.74 Å². The molecule has 7 nitrogen and oxygen atoms in total. The summed E-state index contributed by atoms with van der Waals surface area (Å²) < 4.78 is 20.3. The average Bonchev–Trinajstić information content (AvgIpc) is 3.03. The molecule has 156 valence electrons. The van der Waals surface area contributed by atoms with Crippen molar-refractivity contribution in [1.82, 2.24) is 20.2 Å². The van der Waals surface area contributed by atoms with E-state index in [1.54, 1.807) is 16.8 Å². The minimum Gasteiger partial charge on any atom is -0.444 e. The molecular weight excluding hydrogens is 393 g/mol. The minimum atomic E-state index is -0.597. The summed E-state index contributed by atoms with van der Waals surface area (Å²) in [5.74, 6) is 1.17. The summed E-state index contributed by atoms with van der Waals surface area (Å²) in [6.07, 6.45) is 0.149. The lowest BCUT2D eigenvalue weighted by atomic mass is 10.0. The number of carbonyl (C=O) groups excluding carboxylic acids is 1. The summed E-state index contributed by atoms with van der Waals surface area (Å²) in [4.78, 5) is 12.4. The van der Waals surface area contributed by atoms with Gasteiger partial charge in [-0.25, -0.2) is 9.18 Å². The number of amides is 1. The second-order valence-electron chi connectivity index (χ2n) is 8.32. The number of nitrogens with zero attached hydrogens (tertiary/aromatic N) is 4. The van der Waals surface area contributed by atoms with Gasteiger partial charge in [-0.2, -0.15) is 9.78 Å². The van der Waals surface area contributed by atoms with Crippen molar-refractivity contribution in [3.63, 3.8) is 0 Å². The van der Waals surface area contributed by atoms with Crippen LogP contribution in [0.25, 0.3) is 0 Å². The van der Waals surface area contributed by atoms with E-state index < -0.39 is 17.7 Å². The maximum atomic E-state index is 13.3. The molecular formula is C20H26FN5O2S. The monoisotopic (exact) mass is 419 g/mol. The molecule has 1 aliphatic rings. The Labute approximate surface area is 174 Å². The normalized spacial score (nSPS) is 14.9. The zero-order valence-corrected chi connectivity index (χ0v) is 18.1. The molecule has 0 spiro atoms. The maximum Gasteiger partial charge on any atom is 0.408 e. The van der Waals surface area contributed by atoms with Gasteiger partial charge in [0.05, 0.1) is 11.8 Å². The number of ether oxygens (including phenoxy) is 1. The third-order valence-corrected chi connectivity index (χ3v) is 5.01. The van der Waals surface area contributed by atoms with Crippen LogP contribution in [-0.4, -0.2) is 38.0 Å². The summed E-state index contributed by atoms with van der Waals surface area (Å²) in [5.41, 5.74) is 1.04. The number of nitrogens with one attached hydrogen (secondary N) is 1. The molecule has 1 unspecified atom stereocenters. The summed E-state index contributed by atoms with van der Waals surface area (Å²) in [5, 5.41) is 16.8. The predicted molar refractivity (Wildman–Crippen MR) is 111 cm³/mol. The number of aromatic nitrogens is 3. The van der Waals surface area contributed by atoms with Crippen LogP contribution < -0.4 is 5.32 Å². The number of thioether (sulfide) groups is 1. The van der Waals surface area contributed by atoms with Gasteiger partial charge in [-0.05, 0) is 50.8 Å². The molecule has 9 heteroatoms. The summed E-state index contributed by atoms with van der Waals surface area (Å²) in [6, 6.07) is 5.83. The molecule has 1 amide bonds. The fourth-order valence-electron chi connectivity index (χ4n) is 2.89. The molecule has 2 aromatic rings. The molecule has 1 atom stereocenters. The van der Waals surface area contributed by atoms with E-state index in [1.807, 2.05) is 20.8 Å². The molecule has 1 aliphatic heterocycles. The molecule has 0 aliphatic carbocycles. The Morgan fingerprint density at radius 3 is 2.59 bits per heavy atom. The molecule has 0 saturated heterocycles. The lowest BCUT2D eigenvalue weighted by Crippen LogP contribution is -2.36. The van der Waals surface area contributed by atoms with Crippen LogP contribution in [0.15, 0.2) is 34.5 Å². The zero-order valence-electron chi connectivity index (χ0n) is 17.3. The molecule has 0 radical (unpaired) electrons. The fourth-order valence-corrected chi connectivity index (χ4v) is 3.74. The van der Waals surface area contributed by atoms with Crippen molar-refractivity contribution in [2.75, 3.05) is 5.75 Å². The smallest absolute Gasteiger partial charge is 0.408 e. The highest BCUT2D eigenvalue weighted by Crippen LogP contribution is 2.29. The summed E-state index contributed by atoms with van der Waals surface area (Å²) in [7, 11) is 0. The van der Waals surface area contributed by atoms with Gasteiger partial charge in [0.25, 0.3) is 0 Å². The van der Waals surface area contributed by atoms with E-state index in [9.17, 15) is 9.18 Å². The number of hydrogen-bond donors (Lipinski definition) is 1. The van der Waals surface area contributed by atoms with Crippen LogP contribution in [0.5, 0.6) is 0 Å². The number of alkyl carbamates (subject to hydrolysis) is 1. The Hall–Kier alpha value is -2.42. The van der Waals surface area contributed by atoms with Gasteiger partial charge in [-0.15, -0.1) is 10.2 Å². The van der Waals surface area contributed by atoms with Gasteiger partial charge in [0.15, 0.2) is 5.82 Å². The molecule has 1 aromatic carbocycles. The first kappa shape index (κ1) is 21.3. The average molecular weight is 420 g/mol. The van der Waals surface area contributed by atoms with Crippen LogP contribution in [0.1, 0.15) is 58.5 Å². The van der Waals surface area contributed by atoms with Gasteiger partial charge in [0.1, 0.15) is 11.4 Å². The first-order valence-electron chi connectivity index (χ1n) is 9.54. The van der Waals surface area contributed by atoms with Crippen LogP contribution in [0.3, 0.4) is 0 Å². The number of hydrogen-bond acceptors (Lipinski definition) is 6. The number of benzene rings is 1. The Morgan fingerprint density at radius 1 is 1.28 bits per heavy atom. The molecule has 3 rings (SSSR count). The quantitative estimate of drug-likeness (QED) is 0.777. The predicted octanol–water partition coefficient (Wildman–Crippen LogP) is 4.39. The highest BCUT2D eigenvalue weighted by Gasteiger charge is 2.28.